The van der Waals surface area contributed by atoms with Crippen LogP contribution in [0.15, 0.2) is 47.1 Å². The van der Waals surface area contributed by atoms with Gasteiger partial charge < -0.3 is 25.2 Å². The number of anilines is 2. The van der Waals surface area contributed by atoms with Crippen molar-refractivity contribution in [3.63, 3.8) is 0 Å². The number of allylic oxidation sites excluding steroid dienone is 1. The van der Waals surface area contributed by atoms with Gasteiger partial charge in [0.2, 0.25) is 0 Å². The Kier molecular flexibility index (Phi) is 8.51. The zero-order chi connectivity index (χ0) is 26.5. The van der Waals surface area contributed by atoms with Gasteiger partial charge in [-0.05, 0) is 37.6 Å². The molecule has 0 radical (unpaired) electrons. The van der Waals surface area contributed by atoms with E-state index in [1.807, 2.05) is 31.2 Å². The molecule has 1 fully saturated rings. The summed E-state index contributed by atoms with van der Waals surface area (Å²) < 4.78 is 11.3. The number of aryl methyl sites for hydroxylation is 2. The number of hydrogen-bond donors (Lipinski definition) is 3. The number of benzene rings is 2. The fourth-order valence-corrected chi connectivity index (χ4v) is 5.14. The number of aliphatic imine (C=N–C) groups is 1. The Morgan fingerprint density at radius 3 is 2.26 bits per heavy atom. The van der Waals surface area contributed by atoms with Gasteiger partial charge >= 0.3 is 0 Å². The molecular formula is C29H37N5O4. The second-order valence-electron chi connectivity index (χ2n) is 9.99. The van der Waals surface area contributed by atoms with Gasteiger partial charge in [0.25, 0.3) is 5.91 Å². The molecule has 0 spiro atoms. The SMILES string of the molecule is Cc1ccc2c(c1)NC(=O)/C2=C1\Nc2ccc(C)cc2\C1=N/COCCN1CCN(CCOCCO)CC1. The van der Waals surface area contributed by atoms with Gasteiger partial charge in [0.1, 0.15) is 6.73 Å². The van der Waals surface area contributed by atoms with Crippen molar-refractivity contribution in [2.75, 3.05) is 83.1 Å². The molecule has 3 aliphatic rings. The minimum atomic E-state index is -0.120. The number of nitrogens with one attached hydrogen (secondary N) is 2. The van der Waals surface area contributed by atoms with Gasteiger partial charge in [0, 0.05) is 61.8 Å². The summed E-state index contributed by atoms with van der Waals surface area (Å²) in [6.07, 6.45) is 0. The Balaban J connectivity index is 1.21. The first-order valence-corrected chi connectivity index (χ1v) is 13.3. The van der Waals surface area contributed by atoms with Crippen LogP contribution in [0, 0.1) is 13.8 Å². The molecule has 0 aromatic heterocycles. The van der Waals surface area contributed by atoms with Crippen molar-refractivity contribution in [1.29, 1.82) is 0 Å². The highest BCUT2D eigenvalue weighted by Crippen LogP contribution is 2.39. The number of amides is 1. The number of carbonyl (C=O) groups excluding carboxylic acids is 1. The van der Waals surface area contributed by atoms with Crippen molar-refractivity contribution >= 4 is 28.6 Å². The van der Waals surface area contributed by atoms with E-state index in [1.54, 1.807) is 0 Å². The molecule has 0 aliphatic carbocycles. The number of ether oxygens (including phenoxy) is 2. The summed E-state index contributed by atoms with van der Waals surface area (Å²) in [5, 5.41) is 15.3. The van der Waals surface area contributed by atoms with Gasteiger partial charge in [-0.1, -0.05) is 23.8 Å². The predicted molar refractivity (Wildman–Crippen MR) is 150 cm³/mol. The van der Waals surface area contributed by atoms with Crippen molar-refractivity contribution in [1.82, 2.24) is 9.80 Å². The van der Waals surface area contributed by atoms with E-state index in [2.05, 4.69) is 39.5 Å². The lowest BCUT2D eigenvalue weighted by molar-refractivity contribution is -0.110. The molecule has 1 saturated heterocycles. The molecule has 38 heavy (non-hydrogen) atoms. The number of carbonyl (C=O) groups is 1. The van der Waals surface area contributed by atoms with Gasteiger partial charge in [-0.15, -0.1) is 0 Å². The molecule has 1 amide bonds. The summed E-state index contributed by atoms with van der Waals surface area (Å²) in [4.78, 5) is 22.7. The van der Waals surface area contributed by atoms with Gasteiger partial charge in [-0.25, -0.2) is 0 Å². The first-order chi connectivity index (χ1) is 18.5. The molecule has 2 aromatic carbocycles. The molecule has 2 aromatic rings. The second-order valence-corrected chi connectivity index (χ2v) is 9.99. The van der Waals surface area contributed by atoms with E-state index in [0.717, 1.165) is 84.3 Å². The molecule has 3 N–H and O–H groups in total. The molecule has 0 unspecified atom stereocenters. The first kappa shape index (κ1) is 26.5. The molecule has 9 heteroatoms. The van der Waals surface area contributed by atoms with E-state index >= 15 is 0 Å². The molecule has 202 valence electrons. The Labute approximate surface area is 224 Å². The molecule has 9 nitrogen and oxygen atoms in total. The van der Waals surface area contributed by atoms with E-state index in [0.29, 0.717) is 25.4 Å². The van der Waals surface area contributed by atoms with Gasteiger partial charge in [0.05, 0.1) is 43.4 Å². The average molecular weight is 520 g/mol. The molecule has 3 heterocycles. The third-order valence-electron chi connectivity index (χ3n) is 7.21. The number of rotatable bonds is 10. The van der Waals surface area contributed by atoms with E-state index in [4.69, 9.17) is 19.6 Å². The number of nitrogens with zero attached hydrogens (tertiary/aromatic N) is 3. The molecule has 0 bridgehead atoms. The van der Waals surface area contributed by atoms with Crippen LogP contribution in [0.25, 0.3) is 5.57 Å². The number of aliphatic hydroxyl groups is 1. The molecule has 0 atom stereocenters. The highest BCUT2D eigenvalue weighted by Gasteiger charge is 2.33. The quantitative estimate of drug-likeness (QED) is 0.328. The van der Waals surface area contributed by atoms with E-state index in [1.165, 1.54) is 0 Å². The predicted octanol–water partition coefficient (Wildman–Crippen LogP) is 2.48. The number of fused-ring (bicyclic) bond motifs is 2. The summed E-state index contributed by atoms with van der Waals surface area (Å²) >= 11 is 0. The standard InChI is InChI=1S/C29H37N5O4/c1-20-4-6-24-23(17-20)27(28(31-24)26-22-5-3-21(2)18-25(22)32-29(26)36)30-19-38-15-12-34-9-7-33(8-10-34)11-14-37-16-13-35/h3-6,17-18,31,35H,7-16,19H2,1-2H3,(H,32,36)/b28-26-,30-27+. The number of aliphatic hydroxyl groups excluding tert-OH is 1. The molecular weight excluding hydrogens is 482 g/mol. The van der Waals surface area contributed by atoms with E-state index < -0.39 is 0 Å². The van der Waals surface area contributed by atoms with Gasteiger partial charge in [-0.3, -0.25) is 19.6 Å². The van der Waals surface area contributed by atoms with Crippen LogP contribution in [-0.4, -0.2) is 99.0 Å². The van der Waals surface area contributed by atoms with Gasteiger partial charge in [0.15, 0.2) is 0 Å². The van der Waals surface area contributed by atoms with Crippen LogP contribution in [0.3, 0.4) is 0 Å². The van der Waals surface area contributed by atoms with Crippen molar-refractivity contribution in [3.8, 4) is 0 Å². The summed E-state index contributed by atoms with van der Waals surface area (Å²) in [5.74, 6) is -0.120. The second kappa shape index (κ2) is 12.2. The lowest BCUT2D eigenvalue weighted by Crippen LogP contribution is -2.48. The third kappa shape index (κ3) is 5.98. The maximum Gasteiger partial charge on any atom is 0.258 e. The van der Waals surface area contributed by atoms with Crippen molar-refractivity contribution in [3.05, 3.63) is 64.3 Å². The molecule has 5 rings (SSSR count). The van der Waals surface area contributed by atoms with E-state index in [9.17, 15) is 4.79 Å². The van der Waals surface area contributed by atoms with Crippen molar-refractivity contribution in [2.45, 2.75) is 13.8 Å². The largest absolute Gasteiger partial charge is 0.394 e. The first-order valence-electron chi connectivity index (χ1n) is 13.3. The maximum atomic E-state index is 13.0. The van der Waals surface area contributed by atoms with Gasteiger partial charge in [-0.2, -0.15) is 0 Å². The monoisotopic (exact) mass is 519 g/mol. The summed E-state index contributed by atoms with van der Waals surface area (Å²) in [6.45, 7) is 11.8. The zero-order valence-electron chi connectivity index (χ0n) is 22.3. The van der Waals surface area contributed by atoms with Crippen LogP contribution in [0.4, 0.5) is 11.4 Å². The Bertz CT molecular complexity index is 1230. The van der Waals surface area contributed by atoms with Crippen LogP contribution >= 0.6 is 0 Å². The Morgan fingerprint density at radius 1 is 0.842 bits per heavy atom. The molecule has 0 saturated carbocycles. The Morgan fingerprint density at radius 2 is 1.53 bits per heavy atom. The highest BCUT2D eigenvalue weighted by molar-refractivity contribution is 6.39. The average Bonchev–Trinajstić information content (AvgIpc) is 3.42. The smallest absolute Gasteiger partial charge is 0.258 e. The fourth-order valence-electron chi connectivity index (χ4n) is 5.14. The topological polar surface area (TPSA) is 98.7 Å². The third-order valence-corrected chi connectivity index (χ3v) is 7.21. The van der Waals surface area contributed by atoms with Crippen LogP contribution in [0.2, 0.25) is 0 Å². The summed E-state index contributed by atoms with van der Waals surface area (Å²) in [5.41, 5.74) is 8.01. The van der Waals surface area contributed by atoms with Crippen LogP contribution in [-0.2, 0) is 14.3 Å². The highest BCUT2D eigenvalue weighted by atomic mass is 16.5. The fraction of sp³-hybridized carbons (Fsp3) is 0.448. The summed E-state index contributed by atoms with van der Waals surface area (Å²) in [6, 6.07) is 12.2. The number of hydrogen-bond acceptors (Lipinski definition) is 8. The minimum absolute atomic E-state index is 0.0732. The van der Waals surface area contributed by atoms with E-state index in [-0.39, 0.29) is 19.2 Å². The minimum Gasteiger partial charge on any atom is -0.394 e. The summed E-state index contributed by atoms with van der Waals surface area (Å²) in [7, 11) is 0. The van der Waals surface area contributed by atoms with Crippen molar-refractivity contribution in [2.24, 2.45) is 4.99 Å². The number of piperazine rings is 1. The maximum absolute atomic E-state index is 13.0. The zero-order valence-corrected chi connectivity index (χ0v) is 22.3. The lowest BCUT2D eigenvalue weighted by Gasteiger charge is -2.34. The van der Waals surface area contributed by atoms with Crippen LogP contribution in [0.1, 0.15) is 22.3 Å². The van der Waals surface area contributed by atoms with Crippen LogP contribution in [0.5, 0.6) is 0 Å². The lowest BCUT2D eigenvalue weighted by atomic mass is 10.00. The normalized spacial score (nSPS) is 20.5. The van der Waals surface area contributed by atoms with Crippen LogP contribution < -0.4 is 10.6 Å². The van der Waals surface area contributed by atoms with Crippen molar-refractivity contribution < 1.29 is 19.4 Å². The Hall–Kier alpha value is -3.08. The molecule has 3 aliphatic heterocycles.